The lowest BCUT2D eigenvalue weighted by molar-refractivity contribution is 0.0594. The number of rotatable bonds is 5. The summed E-state index contributed by atoms with van der Waals surface area (Å²) < 4.78 is 1.91. The molecule has 0 saturated carbocycles. The van der Waals surface area contributed by atoms with E-state index in [1.54, 1.807) is 6.20 Å². The third-order valence-electron chi connectivity index (χ3n) is 5.22. The summed E-state index contributed by atoms with van der Waals surface area (Å²) in [7, 11) is 0. The number of amides is 1. The Hall–Kier alpha value is -3.22. The van der Waals surface area contributed by atoms with Crippen molar-refractivity contribution in [2.75, 3.05) is 6.54 Å². The third kappa shape index (κ3) is 4.03. The van der Waals surface area contributed by atoms with E-state index < -0.39 is 0 Å². The van der Waals surface area contributed by atoms with Crippen molar-refractivity contribution >= 4 is 5.91 Å². The highest BCUT2D eigenvalue weighted by Crippen LogP contribution is 2.24. The van der Waals surface area contributed by atoms with E-state index in [2.05, 4.69) is 15.1 Å². The van der Waals surface area contributed by atoms with Crippen molar-refractivity contribution < 1.29 is 4.79 Å². The van der Waals surface area contributed by atoms with E-state index in [4.69, 9.17) is 0 Å². The van der Waals surface area contributed by atoms with E-state index in [0.29, 0.717) is 11.3 Å². The molecule has 2 aromatic heterocycles. The summed E-state index contributed by atoms with van der Waals surface area (Å²) in [6.07, 6.45) is 9.18. The summed E-state index contributed by atoms with van der Waals surface area (Å²) >= 11 is 0. The summed E-state index contributed by atoms with van der Waals surface area (Å²) in [4.78, 5) is 33.5. The third-order valence-corrected chi connectivity index (χ3v) is 5.22. The highest BCUT2D eigenvalue weighted by molar-refractivity contribution is 5.95. The number of hydrogen-bond donors (Lipinski definition) is 1. The van der Waals surface area contributed by atoms with Crippen molar-refractivity contribution in [2.24, 2.45) is 0 Å². The first kappa shape index (κ1) is 18.2. The van der Waals surface area contributed by atoms with Crippen molar-refractivity contribution in [3.8, 4) is 11.3 Å². The molecule has 0 radical (unpaired) electrons. The molecule has 3 heterocycles. The van der Waals surface area contributed by atoms with Gasteiger partial charge in [-0.25, -0.2) is 4.98 Å². The van der Waals surface area contributed by atoms with Crippen LogP contribution in [0.5, 0.6) is 0 Å². The first-order valence-electron chi connectivity index (χ1n) is 9.64. The van der Waals surface area contributed by atoms with Crippen molar-refractivity contribution in [1.82, 2.24) is 24.6 Å². The zero-order chi connectivity index (χ0) is 19.3. The fraction of sp³-hybridized carbons (Fsp3) is 0.333. The molecule has 7 heteroatoms. The molecule has 1 N–H and O–H groups in total. The number of aromatic nitrogens is 4. The molecule has 3 aromatic rings. The van der Waals surface area contributed by atoms with E-state index in [1.807, 2.05) is 46.1 Å². The minimum atomic E-state index is -0.212. The van der Waals surface area contributed by atoms with Gasteiger partial charge in [0.15, 0.2) is 0 Å². The predicted octanol–water partition coefficient (Wildman–Crippen LogP) is 2.72. The van der Waals surface area contributed by atoms with Gasteiger partial charge in [0, 0.05) is 48.7 Å². The van der Waals surface area contributed by atoms with Crippen LogP contribution < -0.4 is 5.56 Å². The maximum atomic E-state index is 13.2. The molecule has 1 amide bonds. The molecule has 4 rings (SSSR count). The Morgan fingerprint density at radius 2 is 2.14 bits per heavy atom. The second-order valence-electron chi connectivity index (χ2n) is 7.08. The number of likely N-dealkylation sites (tertiary alicyclic amines) is 1. The van der Waals surface area contributed by atoms with E-state index >= 15 is 0 Å². The molecular formula is C21H23N5O2. The summed E-state index contributed by atoms with van der Waals surface area (Å²) in [5.41, 5.74) is 1.75. The lowest BCUT2D eigenvalue weighted by Gasteiger charge is -2.36. The average molecular weight is 377 g/mol. The Labute approximate surface area is 163 Å². The summed E-state index contributed by atoms with van der Waals surface area (Å²) in [6.45, 7) is 1.58. The van der Waals surface area contributed by atoms with Crippen molar-refractivity contribution in [3.05, 3.63) is 71.0 Å². The van der Waals surface area contributed by atoms with Crippen molar-refractivity contribution in [1.29, 1.82) is 0 Å². The Bertz CT molecular complexity index is 996. The molecule has 144 valence electrons. The zero-order valence-corrected chi connectivity index (χ0v) is 15.6. The van der Waals surface area contributed by atoms with Crippen molar-refractivity contribution in [3.63, 3.8) is 0 Å². The molecule has 1 aliphatic heterocycles. The van der Waals surface area contributed by atoms with Gasteiger partial charge in [-0.15, -0.1) is 0 Å². The topological polar surface area (TPSA) is 83.9 Å². The molecular weight excluding hydrogens is 354 g/mol. The standard InChI is InChI=1S/C21H23N5O2/c27-20-14-19(22-15-23-20)16-5-3-6-17(13-16)21(28)26-11-2-1-7-18(26)8-12-25-10-4-9-24-25/h3-6,9-10,13-15,18H,1-2,7-8,11-12H2,(H,22,23,27). The molecule has 0 bridgehead atoms. The van der Waals surface area contributed by atoms with Gasteiger partial charge in [0.05, 0.1) is 12.0 Å². The maximum absolute atomic E-state index is 13.2. The van der Waals surface area contributed by atoms with E-state index in [9.17, 15) is 9.59 Å². The van der Waals surface area contributed by atoms with Crippen molar-refractivity contribution in [2.45, 2.75) is 38.3 Å². The van der Waals surface area contributed by atoms with Crippen LogP contribution in [-0.4, -0.2) is 43.1 Å². The first-order valence-corrected chi connectivity index (χ1v) is 9.64. The first-order chi connectivity index (χ1) is 13.7. The van der Waals surface area contributed by atoms with Crippen LogP contribution >= 0.6 is 0 Å². The van der Waals surface area contributed by atoms with Gasteiger partial charge in [-0.1, -0.05) is 12.1 Å². The van der Waals surface area contributed by atoms with Gasteiger partial charge in [0.25, 0.3) is 11.5 Å². The molecule has 1 aromatic carbocycles. The van der Waals surface area contributed by atoms with Crippen LogP contribution in [0.3, 0.4) is 0 Å². The van der Waals surface area contributed by atoms with Gasteiger partial charge >= 0.3 is 0 Å². The van der Waals surface area contributed by atoms with Crippen LogP contribution in [0.15, 0.2) is 59.9 Å². The second-order valence-corrected chi connectivity index (χ2v) is 7.08. The number of nitrogens with zero attached hydrogens (tertiary/aromatic N) is 4. The number of H-pyrrole nitrogens is 1. The highest BCUT2D eigenvalue weighted by atomic mass is 16.2. The molecule has 1 saturated heterocycles. The summed E-state index contributed by atoms with van der Waals surface area (Å²) in [5.74, 6) is 0.0388. The Balaban J connectivity index is 1.53. The fourth-order valence-corrected chi connectivity index (χ4v) is 3.79. The van der Waals surface area contributed by atoms with Gasteiger partial charge < -0.3 is 9.88 Å². The normalized spacial score (nSPS) is 16.9. The predicted molar refractivity (Wildman–Crippen MR) is 106 cm³/mol. The number of piperidine rings is 1. The molecule has 1 fully saturated rings. The summed E-state index contributed by atoms with van der Waals surface area (Å²) in [6, 6.07) is 10.9. The van der Waals surface area contributed by atoms with Crippen LogP contribution in [0.2, 0.25) is 0 Å². The largest absolute Gasteiger partial charge is 0.336 e. The lowest BCUT2D eigenvalue weighted by atomic mass is 9.97. The summed E-state index contributed by atoms with van der Waals surface area (Å²) in [5, 5.41) is 4.26. The van der Waals surface area contributed by atoms with Crippen LogP contribution in [0.1, 0.15) is 36.0 Å². The molecule has 7 nitrogen and oxygen atoms in total. The SMILES string of the molecule is O=C(c1cccc(-c2cc(=O)[nH]cn2)c1)N1CCCCC1CCn1cccn1. The Kier molecular flexibility index (Phi) is 5.32. The number of nitrogens with one attached hydrogen (secondary N) is 1. The van der Waals surface area contributed by atoms with E-state index in [-0.39, 0.29) is 17.5 Å². The quantitative estimate of drug-likeness (QED) is 0.741. The van der Waals surface area contributed by atoms with Crippen LogP contribution in [0, 0.1) is 0 Å². The molecule has 1 atom stereocenters. The number of carbonyl (C=O) groups is 1. The minimum Gasteiger partial charge on any atom is -0.336 e. The van der Waals surface area contributed by atoms with Gasteiger partial charge in [-0.2, -0.15) is 5.10 Å². The zero-order valence-electron chi connectivity index (χ0n) is 15.6. The van der Waals surface area contributed by atoms with Crippen LogP contribution in [0.4, 0.5) is 0 Å². The molecule has 0 spiro atoms. The highest BCUT2D eigenvalue weighted by Gasteiger charge is 2.27. The molecule has 1 unspecified atom stereocenters. The Morgan fingerprint density at radius 3 is 2.96 bits per heavy atom. The lowest BCUT2D eigenvalue weighted by Crippen LogP contribution is -2.44. The minimum absolute atomic E-state index is 0.0388. The molecule has 28 heavy (non-hydrogen) atoms. The van der Waals surface area contributed by atoms with Gasteiger partial charge in [0.2, 0.25) is 0 Å². The molecule has 0 aliphatic carbocycles. The number of aromatic amines is 1. The van der Waals surface area contributed by atoms with E-state index in [0.717, 1.165) is 44.3 Å². The fourth-order valence-electron chi connectivity index (χ4n) is 3.79. The Morgan fingerprint density at radius 1 is 1.21 bits per heavy atom. The van der Waals surface area contributed by atoms with Gasteiger partial charge in [-0.3, -0.25) is 14.3 Å². The number of carbonyl (C=O) groups excluding carboxylic acids is 1. The maximum Gasteiger partial charge on any atom is 0.254 e. The number of benzene rings is 1. The second kappa shape index (κ2) is 8.21. The number of aryl methyl sites for hydroxylation is 1. The van der Waals surface area contributed by atoms with E-state index in [1.165, 1.54) is 12.4 Å². The molecule has 1 aliphatic rings. The number of hydrogen-bond acceptors (Lipinski definition) is 4. The van der Waals surface area contributed by atoms with Crippen LogP contribution in [-0.2, 0) is 6.54 Å². The van der Waals surface area contributed by atoms with Gasteiger partial charge in [-0.05, 0) is 43.9 Å². The smallest absolute Gasteiger partial charge is 0.254 e. The van der Waals surface area contributed by atoms with Gasteiger partial charge in [0.1, 0.15) is 0 Å². The monoisotopic (exact) mass is 377 g/mol. The van der Waals surface area contributed by atoms with Crippen LogP contribution in [0.25, 0.3) is 11.3 Å². The average Bonchev–Trinajstić information content (AvgIpc) is 3.26.